The van der Waals surface area contributed by atoms with E-state index >= 15 is 0 Å². The van der Waals surface area contributed by atoms with Crippen molar-refractivity contribution < 1.29 is 4.74 Å². The molecule has 0 radical (unpaired) electrons. The molecule has 10 heteroatoms. The summed E-state index contributed by atoms with van der Waals surface area (Å²) in [6.07, 6.45) is 9.16. The van der Waals surface area contributed by atoms with Crippen LogP contribution in [-0.4, -0.2) is 46.0 Å². The van der Waals surface area contributed by atoms with Crippen molar-refractivity contribution in [2.75, 3.05) is 12.4 Å². The molecule has 5 rings (SSSR count). The topological polar surface area (TPSA) is 100.0 Å². The molecule has 0 spiro atoms. The largest absolute Gasteiger partial charge is 0.493 e. The number of aromatic nitrogens is 8. The minimum atomic E-state index is 0.486. The van der Waals surface area contributed by atoms with Crippen LogP contribution in [0.4, 0.5) is 11.6 Å². The average molecular weight is 415 g/mol. The van der Waals surface area contributed by atoms with E-state index in [0.29, 0.717) is 29.0 Å². The normalized spacial score (nSPS) is 11.2. The van der Waals surface area contributed by atoms with Gasteiger partial charge in [0, 0.05) is 50.6 Å². The number of nitrogens with zero attached hydrogens (tertiary/aromatic N) is 8. The predicted octanol–water partition coefficient (Wildman–Crippen LogP) is 2.99. The second-order valence-corrected chi connectivity index (χ2v) is 7.16. The van der Waals surface area contributed by atoms with Gasteiger partial charge in [-0.25, -0.2) is 19.5 Å². The van der Waals surface area contributed by atoms with Gasteiger partial charge >= 0.3 is 0 Å². The van der Waals surface area contributed by atoms with Crippen LogP contribution in [0.1, 0.15) is 5.56 Å². The summed E-state index contributed by atoms with van der Waals surface area (Å²) < 4.78 is 10.9. The van der Waals surface area contributed by atoms with Crippen molar-refractivity contribution in [2.45, 2.75) is 6.92 Å². The fourth-order valence-electron chi connectivity index (χ4n) is 3.57. The molecular formula is C21H21N9O. The van der Waals surface area contributed by atoms with Crippen LogP contribution in [0.15, 0.2) is 49.2 Å². The maximum atomic E-state index is 5.45. The molecule has 5 heterocycles. The Morgan fingerprint density at radius 3 is 2.58 bits per heavy atom. The molecule has 0 saturated heterocycles. The van der Waals surface area contributed by atoms with E-state index in [2.05, 4.69) is 20.4 Å². The highest BCUT2D eigenvalue weighted by Crippen LogP contribution is 2.33. The molecular weight excluding hydrogens is 394 g/mol. The number of imidazole rings is 1. The van der Waals surface area contributed by atoms with Gasteiger partial charge in [0.1, 0.15) is 5.52 Å². The van der Waals surface area contributed by atoms with Crippen LogP contribution in [-0.2, 0) is 14.1 Å². The summed E-state index contributed by atoms with van der Waals surface area (Å²) in [6.45, 7) is 2.03. The maximum absolute atomic E-state index is 5.45. The van der Waals surface area contributed by atoms with E-state index in [1.165, 1.54) is 0 Å². The average Bonchev–Trinajstić information content (AvgIpc) is 3.47. The quantitative estimate of drug-likeness (QED) is 0.471. The van der Waals surface area contributed by atoms with Gasteiger partial charge in [-0.2, -0.15) is 5.10 Å². The number of nitrogens with one attached hydrogen (secondary N) is 1. The lowest BCUT2D eigenvalue weighted by Crippen LogP contribution is -2.07. The van der Waals surface area contributed by atoms with Crippen molar-refractivity contribution in [1.82, 2.24) is 38.9 Å². The first kappa shape index (κ1) is 18.8. The summed E-state index contributed by atoms with van der Waals surface area (Å²) >= 11 is 0. The fraction of sp³-hybridized carbons (Fsp3) is 0.190. The molecule has 0 atom stereocenters. The lowest BCUT2D eigenvalue weighted by Gasteiger charge is -2.12. The first-order valence-corrected chi connectivity index (χ1v) is 9.69. The molecule has 0 saturated carbocycles. The number of hydrogen-bond acceptors (Lipinski definition) is 7. The van der Waals surface area contributed by atoms with E-state index < -0.39 is 0 Å². The van der Waals surface area contributed by atoms with Gasteiger partial charge in [-0.15, -0.1) is 5.10 Å². The smallest absolute Gasteiger partial charge is 0.218 e. The minimum Gasteiger partial charge on any atom is -0.493 e. The Morgan fingerprint density at radius 1 is 1.00 bits per heavy atom. The highest BCUT2D eigenvalue weighted by Gasteiger charge is 2.20. The molecule has 0 aliphatic heterocycles. The van der Waals surface area contributed by atoms with Gasteiger partial charge in [-0.1, -0.05) is 0 Å². The van der Waals surface area contributed by atoms with Gasteiger partial charge in [0.25, 0.3) is 0 Å². The van der Waals surface area contributed by atoms with Gasteiger partial charge in [0.2, 0.25) is 5.82 Å². The monoisotopic (exact) mass is 415 g/mol. The third-order valence-corrected chi connectivity index (χ3v) is 5.12. The maximum Gasteiger partial charge on any atom is 0.218 e. The van der Waals surface area contributed by atoms with Crippen LogP contribution in [0.25, 0.3) is 28.4 Å². The minimum absolute atomic E-state index is 0.486. The fourth-order valence-corrected chi connectivity index (χ4v) is 3.57. The SMILES string of the molecule is COc1cccnc1Nc1nc(-c2nccn2C)nn2cc(-c3ccn(C)n3)c(C)c12. The van der Waals surface area contributed by atoms with Gasteiger partial charge in [0.15, 0.2) is 23.2 Å². The third kappa shape index (κ3) is 3.18. The first-order valence-electron chi connectivity index (χ1n) is 9.69. The molecule has 31 heavy (non-hydrogen) atoms. The third-order valence-electron chi connectivity index (χ3n) is 5.12. The standard InChI is InChI=1S/C21H21N9O/c1-13-14(15-7-10-29(3)26-15)12-30-17(13)19(24-18-16(31-4)6-5-8-22-18)25-20(27-30)21-23-9-11-28(21)2/h5-12H,1-4H3,(H,22,24,25,27). The van der Waals surface area contributed by atoms with E-state index in [1.54, 1.807) is 24.2 Å². The highest BCUT2D eigenvalue weighted by atomic mass is 16.5. The van der Waals surface area contributed by atoms with E-state index in [9.17, 15) is 0 Å². The van der Waals surface area contributed by atoms with E-state index in [1.807, 2.05) is 66.9 Å². The molecule has 0 bridgehead atoms. The number of methoxy groups -OCH3 is 1. The molecule has 10 nitrogen and oxygen atoms in total. The van der Waals surface area contributed by atoms with Gasteiger partial charge in [-0.05, 0) is 30.7 Å². The Hall–Kier alpha value is -4.21. The summed E-state index contributed by atoms with van der Waals surface area (Å²) in [5.41, 5.74) is 3.67. The summed E-state index contributed by atoms with van der Waals surface area (Å²) in [7, 11) is 5.41. The molecule has 0 unspecified atom stereocenters. The Bertz CT molecular complexity index is 1400. The van der Waals surface area contributed by atoms with Gasteiger partial charge in [0.05, 0.1) is 12.8 Å². The van der Waals surface area contributed by atoms with Gasteiger partial charge in [-0.3, -0.25) is 4.68 Å². The number of ether oxygens (including phenoxy) is 1. The number of aryl methyl sites for hydroxylation is 3. The summed E-state index contributed by atoms with van der Waals surface area (Å²) in [5.74, 6) is 2.93. The Balaban J connectivity index is 1.74. The van der Waals surface area contributed by atoms with Crippen LogP contribution in [0.3, 0.4) is 0 Å². The van der Waals surface area contributed by atoms with Crippen LogP contribution in [0.5, 0.6) is 5.75 Å². The summed E-state index contributed by atoms with van der Waals surface area (Å²) in [5, 5.41) is 12.6. The van der Waals surface area contributed by atoms with Crippen LogP contribution in [0, 0.1) is 6.92 Å². The first-order chi connectivity index (χ1) is 15.0. The Kier molecular flexibility index (Phi) is 4.39. The zero-order valence-corrected chi connectivity index (χ0v) is 17.6. The molecule has 0 aromatic carbocycles. The molecule has 0 aliphatic rings. The molecule has 0 fully saturated rings. The van der Waals surface area contributed by atoms with Crippen molar-refractivity contribution >= 4 is 17.2 Å². The van der Waals surface area contributed by atoms with Crippen molar-refractivity contribution in [2.24, 2.45) is 14.1 Å². The second kappa shape index (κ2) is 7.24. The van der Waals surface area contributed by atoms with Crippen molar-refractivity contribution in [3.8, 4) is 28.7 Å². The second-order valence-electron chi connectivity index (χ2n) is 7.16. The van der Waals surface area contributed by atoms with Crippen molar-refractivity contribution in [1.29, 1.82) is 0 Å². The van der Waals surface area contributed by atoms with E-state index in [-0.39, 0.29) is 0 Å². The molecule has 0 amide bonds. The molecule has 0 aliphatic carbocycles. The lowest BCUT2D eigenvalue weighted by molar-refractivity contribution is 0.415. The van der Waals surface area contributed by atoms with Crippen molar-refractivity contribution in [3.63, 3.8) is 0 Å². The Morgan fingerprint density at radius 2 is 1.87 bits per heavy atom. The number of pyridine rings is 1. The van der Waals surface area contributed by atoms with E-state index in [4.69, 9.17) is 14.8 Å². The van der Waals surface area contributed by atoms with Crippen molar-refractivity contribution in [3.05, 3.63) is 54.7 Å². The highest BCUT2D eigenvalue weighted by molar-refractivity contribution is 5.84. The zero-order chi connectivity index (χ0) is 21.5. The van der Waals surface area contributed by atoms with Crippen LogP contribution in [0.2, 0.25) is 0 Å². The Labute approximate surface area is 178 Å². The molecule has 5 aromatic rings. The number of fused-ring (bicyclic) bond motifs is 1. The number of rotatable bonds is 5. The zero-order valence-electron chi connectivity index (χ0n) is 17.6. The molecule has 5 aromatic heterocycles. The molecule has 156 valence electrons. The van der Waals surface area contributed by atoms with Gasteiger partial charge < -0.3 is 14.6 Å². The lowest BCUT2D eigenvalue weighted by atomic mass is 10.1. The number of hydrogen-bond donors (Lipinski definition) is 1. The number of anilines is 2. The van der Waals surface area contributed by atoms with Crippen LogP contribution >= 0.6 is 0 Å². The molecule has 1 N–H and O–H groups in total. The van der Waals surface area contributed by atoms with E-state index in [0.717, 1.165) is 22.3 Å². The predicted molar refractivity (Wildman–Crippen MR) is 116 cm³/mol. The van der Waals surface area contributed by atoms with Crippen LogP contribution < -0.4 is 10.1 Å². The summed E-state index contributed by atoms with van der Waals surface area (Å²) in [4.78, 5) is 13.6. The summed E-state index contributed by atoms with van der Waals surface area (Å²) in [6, 6.07) is 5.64.